The van der Waals surface area contributed by atoms with Gasteiger partial charge in [-0.15, -0.1) is 0 Å². The van der Waals surface area contributed by atoms with Crippen molar-refractivity contribution >= 4 is 5.71 Å². The number of ether oxygens (including phenoxy) is 1. The van der Waals surface area contributed by atoms with E-state index in [1.54, 1.807) is 19.3 Å². The second kappa shape index (κ2) is 3.11. The average Bonchev–Trinajstić information content (AvgIpc) is 2.04. The molecule has 0 saturated heterocycles. The predicted octanol–water partition coefficient (Wildman–Crippen LogP) is 0.798. The monoisotopic (exact) mass is 136 g/mol. The molecular formula is C7H8N2O. The molecule has 0 saturated carbocycles. The maximum Gasteiger partial charge on any atom is 0.324 e. The summed E-state index contributed by atoms with van der Waals surface area (Å²) >= 11 is 0. The van der Waals surface area contributed by atoms with E-state index in [0.29, 0.717) is 5.71 Å². The lowest BCUT2D eigenvalue weighted by Gasteiger charge is -2.04. The summed E-state index contributed by atoms with van der Waals surface area (Å²) in [7, 11) is 1.57. The second-order valence-electron chi connectivity index (χ2n) is 1.93. The Bertz CT molecular complexity index is 224. The molecule has 3 heteroatoms. The van der Waals surface area contributed by atoms with Crippen LogP contribution in [0.25, 0.3) is 5.53 Å². The number of allylic oxidation sites excluding steroid dienone is 2. The van der Waals surface area contributed by atoms with Gasteiger partial charge in [-0.2, -0.15) is 4.79 Å². The molecule has 1 aliphatic rings. The average molecular weight is 136 g/mol. The molecule has 1 aliphatic carbocycles. The highest BCUT2D eigenvalue weighted by Crippen LogP contribution is 2.01. The lowest BCUT2D eigenvalue weighted by molar-refractivity contribution is -0.0184. The van der Waals surface area contributed by atoms with Gasteiger partial charge in [-0.3, -0.25) is 0 Å². The van der Waals surface area contributed by atoms with Gasteiger partial charge in [0, 0.05) is 13.2 Å². The van der Waals surface area contributed by atoms with Crippen molar-refractivity contribution in [2.75, 3.05) is 7.11 Å². The molecule has 0 aliphatic heterocycles. The van der Waals surface area contributed by atoms with Crippen LogP contribution in [0, 0.1) is 0 Å². The van der Waals surface area contributed by atoms with E-state index in [9.17, 15) is 0 Å². The molecule has 1 unspecified atom stereocenters. The van der Waals surface area contributed by atoms with Gasteiger partial charge in [-0.1, -0.05) is 12.2 Å². The summed E-state index contributed by atoms with van der Waals surface area (Å²) in [5.41, 5.74) is 8.95. The molecule has 0 amide bonds. The molecule has 0 spiro atoms. The summed E-state index contributed by atoms with van der Waals surface area (Å²) in [6, 6.07) is 0. The fourth-order valence-corrected chi connectivity index (χ4v) is 0.802. The van der Waals surface area contributed by atoms with Gasteiger partial charge in [0.05, 0.1) is 0 Å². The molecule has 0 heterocycles. The molecule has 52 valence electrons. The zero-order valence-electron chi connectivity index (χ0n) is 5.69. The van der Waals surface area contributed by atoms with Crippen molar-refractivity contribution in [2.45, 2.75) is 6.10 Å². The molecule has 0 N–H and O–H groups in total. The van der Waals surface area contributed by atoms with E-state index >= 15 is 0 Å². The standard InChI is InChI=1S/C7H8N2O/c1-10-7-5-3-2-4-6(7)9-8/h2-5,7H,1H3. The summed E-state index contributed by atoms with van der Waals surface area (Å²) in [6.07, 6.45) is 6.96. The van der Waals surface area contributed by atoms with Gasteiger partial charge < -0.3 is 10.3 Å². The molecule has 0 bridgehead atoms. The zero-order valence-corrected chi connectivity index (χ0v) is 5.69. The number of nitrogens with zero attached hydrogens (tertiary/aromatic N) is 2. The molecule has 0 radical (unpaired) electrons. The van der Waals surface area contributed by atoms with E-state index in [1.807, 2.05) is 12.2 Å². The summed E-state index contributed by atoms with van der Waals surface area (Å²) in [4.78, 5) is 3.05. The summed E-state index contributed by atoms with van der Waals surface area (Å²) in [5.74, 6) is 0. The van der Waals surface area contributed by atoms with Gasteiger partial charge in [0.1, 0.15) is 0 Å². The third-order valence-corrected chi connectivity index (χ3v) is 1.32. The van der Waals surface area contributed by atoms with Crippen LogP contribution in [0.5, 0.6) is 0 Å². The van der Waals surface area contributed by atoms with Gasteiger partial charge in [-0.25, -0.2) is 0 Å². The quantitative estimate of drug-likeness (QED) is 0.388. The maximum absolute atomic E-state index is 8.42. The first-order chi connectivity index (χ1) is 4.88. The van der Waals surface area contributed by atoms with Crippen LogP contribution in [0.15, 0.2) is 24.3 Å². The van der Waals surface area contributed by atoms with Gasteiger partial charge in [-0.05, 0) is 6.08 Å². The Morgan fingerprint density at radius 1 is 1.60 bits per heavy atom. The van der Waals surface area contributed by atoms with Crippen molar-refractivity contribution in [3.63, 3.8) is 0 Å². The van der Waals surface area contributed by atoms with Gasteiger partial charge in [0.2, 0.25) is 0 Å². The lowest BCUT2D eigenvalue weighted by atomic mass is 10.1. The third kappa shape index (κ3) is 1.21. The zero-order chi connectivity index (χ0) is 7.40. The van der Waals surface area contributed by atoms with Crippen molar-refractivity contribution in [1.82, 2.24) is 0 Å². The molecule has 3 nitrogen and oxygen atoms in total. The smallest absolute Gasteiger partial charge is 0.324 e. The van der Waals surface area contributed by atoms with Crippen molar-refractivity contribution in [3.05, 3.63) is 29.8 Å². The number of rotatable bonds is 1. The fraction of sp³-hybridized carbons (Fsp3) is 0.286. The Morgan fingerprint density at radius 3 is 2.90 bits per heavy atom. The lowest BCUT2D eigenvalue weighted by Crippen LogP contribution is -2.20. The van der Waals surface area contributed by atoms with Crippen LogP contribution in [0.4, 0.5) is 0 Å². The van der Waals surface area contributed by atoms with Crippen LogP contribution < -0.4 is 0 Å². The van der Waals surface area contributed by atoms with Crippen LogP contribution in [-0.2, 0) is 4.74 Å². The van der Waals surface area contributed by atoms with Gasteiger partial charge in [0.15, 0.2) is 6.10 Å². The first-order valence-electron chi connectivity index (χ1n) is 2.98. The minimum Gasteiger partial charge on any atom is -0.365 e. The summed E-state index contributed by atoms with van der Waals surface area (Å²) in [5, 5.41) is 0. The first-order valence-corrected chi connectivity index (χ1v) is 2.98. The molecule has 1 atom stereocenters. The molecular weight excluding hydrogens is 128 g/mol. The molecule has 0 aromatic carbocycles. The number of methoxy groups -OCH3 is 1. The van der Waals surface area contributed by atoms with E-state index in [2.05, 4.69) is 4.79 Å². The Balaban J connectivity index is 2.84. The number of hydrogen-bond donors (Lipinski definition) is 0. The third-order valence-electron chi connectivity index (χ3n) is 1.32. The van der Waals surface area contributed by atoms with Crippen molar-refractivity contribution < 1.29 is 9.53 Å². The molecule has 1 rings (SSSR count). The molecule has 0 fully saturated rings. The topological polar surface area (TPSA) is 45.6 Å². The highest BCUT2D eigenvalue weighted by molar-refractivity contribution is 5.96. The van der Waals surface area contributed by atoms with Crippen LogP contribution in [0.3, 0.4) is 0 Å². The second-order valence-corrected chi connectivity index (χ2v) is 1.93. The van der Waals surface area contributed by atoms with Crippen molar-refractivity contribution in [3.8, 4) is 0 Å². The number of hydrogen-bond acceptors (Lipinski definition) is 1. The highest BCUT2D eigenvalue weighted by atomic mass is 16.5. The van der Waals surface area contributed by atoms with E-state index in [-0.39, 0.29) is 6.10 Å². The normalized spacial score (nSPS) is 22.9. The maximum atomic E-state index is 8.42. The Morgan fingerprint density at radius 2 is 2.40 bits per heavy atom. The van der Waals surface area contributed by atoms with Crippen LogP contribution in [-0.4, -0.2) is 23.7 Å². The fourth-order valence-electron chi connectivity index (χ4n) is 0.802. The summed E-state index contributed by atoms with van der Waals surface area (Å²) in [6.45, 7) is 0. The van der Waals surface area contributed by atoms with Gasteiger partial charge >= 0.3 is 5.71 Å². The Kier molecular flexibility index (Phi) is 2.15. The highest BCUT2D eigenvalue weighted by Gasteiger charge is 2.18. The summed E-state index contributed by atoms with van der Waals surface area (Å²) < 4.78 is 4.97. The van der Waals surface area contributed by atoms with Gasteiger partial charge in [0.25, 0.3) is 0 Å². The largest absolute Gasteiger partial charge is 0.365 e. The Labute approximate surface area is 59.2 Å². The molecule has 10 heavy (non-hydrogen) atoms. The van der Waals surface area contributed by atoms with E-state index in [4.69, 9.17) is 10.3 Å². The minimum absolute atomic E-state index is 0.199. The SMILES string of the molecule is COC1C=CC=CC1=[N+]=[N-]. The molecule has 0 aromatic heterocycles. The van der Waals surface area contributed by atoms with Crippen LogP contribution in [0.2, 0.25) is 0 Å². The predicted molar refractivity (Wildman–Crippen MR) is 37.7 cm³/mol. The van der Waals surface area contributed by atoms with Crippen molar-refractivity contribution in [2.24, 2.45) is 0 Å². The van der Waals surface area contributed by atoms with Crippen LogP contribution >= 0.6 is 0 Å². The first kappa shape index (κ1) is 6.93. The minimum atomic E-state index is -0.199. The van der Waals surface area contributed by atoms with E-state index < -0.39 is 0 Å². The molecule has 0 aromatic rings. The van der Waals surface area contributed by atoms with E-state index in [1.165, 1.54) is 0 Å². The Hall–Kier alpha value is -1.18. The van der Waals surface area contributed by atoms with E-state index in [0.717, 1.165) is 0 Å². The van der Waals surface area contributed by atoms with Crippen LogP contribution in [0.1, 0.15) is 0 Å². The van der Waals surface area contributed by atoms with Crippen molar-refractivity contribution in [1.29, 1.82) is 0 Å².